The van der Waals surface area contributed by atoms with Gasteiger partial charge in [-0.15, -0.1) is 0 Å². The van der Waals surface area contributed by atoms with E-state index in [1.807, 2.05) is 0 Å². The van der Waals surface area contributed by atoms with Crippen LogP contribution in [0.3, 0.4) is 0 Å². The van der Waals surface area contributed by atoms with E-state index < -0.39 is 0 Å². The van der Waals surface area contributed by atoms with Crippen LogP contribution in [0.4, 0.5) is 0 Å². The predicted molar refractivity (Wildman–Crippen MR) is 82.1 cm³/mol. The number of hydrogen-bond acceptors (Lipinski definition) is 5. The molecule has 0 aromatic heterocycles. The third-order valence-corrected chi connectivity index (χ3v) is 4.68. The van der Waals surface area contributed by atoms with Crippen molar-refractivity contribution in [3.63, 3.8) is 0 Å². The monoisotopic (exact) mass is 295 g/mol. The summed E-state index contributed by atoms with van der Waals surface area (Å²) >= 11 is 0. The summed E-state index contributed by atoms with van der Waals surface area (Å²) < 4.78 is 10.5. The molecule has 0 aliphatic heterocycles. The van der Waals surface area contributed by atoms with Crippen molar-refractivity contribution >= 4 is 0 Å². The molecule has 2 saturated carbocycles. The van der Waals surface area contributed by atoms with E-state index in [0.29, 0.717) is 12.1 Å². The van der Waals surface area contributed by atoms with E-state index in [1.54, 1.807) is 14.2 Å². The van der Waals surface area contributed by atoms with Crippen LogP contribution in [0.25, 0.3) is 0 Å². The number of hydrogen-bond donors (Lipinski definition) is 1. The Bertz CT molecular complexity index is 346. The first-order valence-electron chi connectivity index (χ1n) is 8.14. The molecule has 0 heterocycles. The highest BCUT2D eigenvalue weighted by Gasteiger charge is 2.41. The van der Waals surface area contributed by atoms with E-state index in [2.05, 4.69) is 16.3 Å². The van der Waals surface area contributed by atoms with Crippen molar-refractivity contribution in [2.75, 3.05) is 40.5 Å². The van der Waals surface area contributed by atoms with Crippen LogP contribution in [0, 0.1) is 11.3 Å². The van der Waals surface area contributed by atoms with Gasteiger partial charge in [-0.3, -0.25) is 10.2 Å². The number of ether oxygens (including phenoxy) is 2. The summed E-state index contributed by atoms with van der Waals surface area (Å²) in [5.41, 5.74) is -0.317. The van der Waals surface area contributed by atoms with Crippen LogP contribution in [-0.2, 0) is 9.47 Å². The molecule has 2 atom stereocenters. The lowest BCUT2D eigenvalue weighted by molar-refractivity contribution is 0.0601. The molecule has 0 spiro atoms. The van der Waals surface area contributed by atoms with Gasteiger partial charge in [0.2, 0.25) is 0 Å². The Morgan fingerprint density at radius 2 is 1.86 bits per heavy atom. The fourth-order valence-corrected chi connectivity index (χ4v) is 3.33. The van der Waals surface area contributed by atoms with Gasteiger partial charge in [0, 0.05) is 39.4 Å². The summed E-state index contributed by atoms with van der Waals surface area (Å²) in [6, 6.07) is 3.62. The average molecular weight is 295 g/mol. The van der Waals surface area contributed by atoms with Gasteiger partial charge in [-0.2, -0.15) is 5.26 Å². The van der Waals surface area contributed by atoms with Crippen molar-refractivity contribution in [1.82, 2.24) is 10.2 Å². The van der Waals surface area contributed by atoms with Crippen molar-refractivity contribution in [3.8, 4) is 6.07 Å². The molecular formula is C16H29N3O2. The summed E-state index contributed by atoms with van der Waals surface area (Å²) in [5.74, 6) is 0. The Hall–Kier alpha value is -0.670. The minimum Gasteiger partial charge on any atom is -0.383 e. The second-order valence-electron chi connectivity index (χ2n) is 6.38. The number of nitriles is 1. The summed E-state index contributed by atoms with van der Waals surface area (Å²) in [5, 5.41) is 13.3. The zero-order chi connectivity index (χ0) is 15.1. The van der Waals surface area contributed by atoms with Crippen molar-refractivity contribution in [2.24, 2.45) is 0 Å². The summed E-state index contributed by atoms with van der Waals surface area (Å²) in [6.07, 6.45) is 6.65. The van der Waals surface area contributed by atoms with E-state index in [-0.39, 0.29) is 5.54 Å². The van der Waals surface area contributed by atoms with Crippen molar-refractivity contribution in [1.29, 1.82) is 5.26 Å². The standard InChI is InChI=1S/C16H29N3O2/c1-20-10-8-19(9-11-21-2)15-4-3-7-16(12-15,13-17)18-14-5-6-14/h14-15,18H,3-12H2,1-2H3. The van der Waals surface area contributed by atoms with E-state index in [1.165, 1.54) is 19.3 Å². The minimum absolute atomic E-state index is 0.317. The van der Waals surface area contributed by atoms with Gasteiger partial charge in [0.25, 0.3) is 0 Å². The molecule has 0 bridgehead atoms. The van der Waals surface area contributed by atoms with Gasteiger partial charge in [-0.1, -0.05) is 0 Å². The van der Waals surface area contributed by atoms with Crippen molar-refractivity contribution in [2.45, 2.75) is 56.1 Å². The Labute approximate surface area is 128 Å². The molecule has 5 nitrogen and oxygen atoms in total. The third-order valence-electron chi connectivity index (χ3n) is 4.68. The van der Waals surface area contributed by atoms with Gasteiger partial charge in [-0.05, 0) is 38.5 Å². The van der Waals surface area contributed by atoms with Gasteiger partial charge in [0.05, 0.1) is 19.3 Å². The van der Waals surface area contributed by atoms with Crippen LogP contribution in [0.2, 0.25) is 0 Å². The van der Waals surface area contributed by atoms with E-state index in [4.69, 9.17) is 9.47 Å². The molecule has 120 valence electrons. The molecule has 2 aliphatic carbocycles. The second kappa shape index (κ2) is 8.09. The first kappa shape index (κ1) is 16.7. The normalized spacial score (nSPS) is 29.5. The Morgan fingerprint density at radius 1 is 1.19 bits per heavy atom. The Kier molecular flexibility index (Phi) is 6.43. The first-order valence-corrected chi connectivity index (χ1v) is 8.14. The minimum atomic E-state index is -0.317. The van der Waals surface area contributed by atoms with E-state index >= 15 is 0 Å². The summed E-state index contributed by atoms with van der Waals surface area (Å²) in [6.45, 7) is 3.29. The molecule has 5 heteroatoms. The van der Waals surface area contributed by atoms with Gasteiger partial charge >= 0.3 is 0 Å². The van der Waals surface area contributed by atoms with Crippen LogP contribution in [0.5, 0.6) is 0 Å². The lowest BCUT2D eigenvalue weighted by Crippen LogP contribution is -2.54. The number of rotatable bonds is 9. The lowest BCUT2D eigenvalue weighted by Gasteiger charge is -2.41. The molecule has 1 N–H and O–H groups in total. The van der Waals surface area contributed by atoms with Crippen LogP contribution in [0.1, 0.15) is 38.5 Å². The predicted octanol–water partition coefficient (Wildman–Crippen LogP) is 1.54. The lowest BCUT2D eigenvalue weighted by atomic mass is 9.79. The molecule has 21 heavy (non-hydrogen) atoms. The highest BCUT2D eigenvalue weighted by Crippen LogP contribution is 2.34. The summed E-state index contributed by atoms with van der Waals surface area (Å²) in [7, 11) is 3.48. The van der Waals surface area contributed by atoms with Gasteiger partial charge in [0.15, 0.2) is 0 Å². The van der Waals surface area contributed by atoms with Gasteiger partial charge in [-0.25, -0.2) is 0 Å². The molecule has 0 aromatic rings. The smallest absolute Gasteiger partial charge is 0.108 e. The Morgan fingerprint density at radius 3 is 2.38 bits per heavy atom. The molecule has 0 amide bonds. The molecule has 2 rings (SSSR count). The SMILES string of the molecule is COCCN(CCOC)C1CCCC(C#N)(NC2CC2)C1. The van der Waals surface area contributed by atoms with Crippen molar-refractivity contribution in [3.05, 3.63) is 0 Å². The largest absolute Gasteiger partial charge is 0.383 e. The molecule has 0 radical (unpaired) electrons. The van der Waals surface area contributed by atoms with Gasteiger partial charge in [0.1, 0.15) is 5.54 Å². The maximum Gasteiger partial charge on any atom is 0.108 e. The average Bonchev–Trinajstić information content (AvgIpc) is 3.31. The maximum absolute atomic E-state index is 9.69. The molecule has 0 aromatic carbocycles. The zero-order valence-electron chi connectivity index (χ0n) is 13.4. The van der Waals surface area contributed by atoms with E-state index in [0.717, 1.165) is 45.6 Å². The molecular weight excluding hydrogens is 266 g/mol. The fraction of sp³-hybridized carbons (Fsp3) is 0.938. The quantitative estimate of drug-likeness (QED) is 0.699. The van der Waals surface area contributed by atoms with Gasteiger partial charge < -0.3 is 9.47 Å². The molecule has 2 fully saturated rings. The zero-order valence-corrected chi connectivity index (χ0v) is 13.4. The van der Waals surface area contributed by atoms with Crippen LogP contribution in [0.15, 0.2) is 0 Å². The number of methoxy groups -OCH3 is 2. The van der Waals surface area contributed by atoms with E-state index in [9.17, 15) is 5.26 Å². The number of nitrogens with zero attached hydrogens (tertiary/aromatic N) is 2. The third kappa shape index (κ3) is 4.93. The summed E-state index contributed by atoms with van der Waals surface area (Å²) in [4.78, 5) is 2.44. The molecule has 0 saturated heterocycles. The number of nitrogens with one attached hydrogen (secondary N) is 1. The first-order chi connectivity index (χ1) is 10.2. The Balaban J connectivity index is 1.96. The fourth-order valence-electron chi connectivity index (χ4n) is 3.33. The molecule has 2 aliphatic rings. The van der Waals surface area contributed by atoms with Crippen LogP contribution < -0.4 is 5.32 Å². The highest BCUT2D eigenvalue weighted by atomic mass is 16.5. The maximum atomic E-state index is 9.69. The molecule has 2 unspecified atom stereocenters. The second-order valence-corrected chi connectivity index (χ2v) is 6.38. The van der Waals surface area contributed by atoms with Crippen molar-refractivity contribution < 1.29 is 9.47 Å². The van der Waals surface area contributed by atoms with Crippen LogP contribution in [-0.4, -0.2) is 63.0 Å². The van der Waals surface area contributed by atoms with Crippen LogP contribution >= 0.6 is 0 Å². The highest BCUT2D eigenvalue weighted by molar-refractivity contribution is 5.13. The topological polar surface area (TPSA) is 57.5 Å².